The van der Waals surface area contributed by atoms with Gasteiger partial charge in [0.1, 0.15) is 12.1 Å². The fourth-order valence-electron chi connectivity index (χ4n) is 5.04. The molecule has 3 heterocycles. The van der Waals surface area contributed by atoms with E-state index in [1.807, 2.05) is 36.7 Å². The third-order valence-corrected chi connectivity index (χ3v) is 8.45. The van der Waals surface area contributed by atoms with Crippen LogP contribution in [0, 0.1) is 11.7 Å². The fourth-order valence-corrected chi connectivity index (χ4v) is 6.50. The lowest BCUT2D eigenvalue weighted by Crippen LogP contribution is -2.28. The maximum atomic E-state index is 13.7. The van der Waals surface area contributed by atoms with Gasteiger partial charge >= 0.3 is 0 Å². The minimum Gasteiger partial charge on any atom is -0.323 e. The summed E-state index contributed by atoms with van der Waals surface area (Å²) in [6, 6.07) is 4.99. The third kappa shape index (κ3) is 4.57. The molecule has 0 saturated heterocycles. The molecule has 3 aromatic heterocycles. The summed E-state index contributed by atoms with van der Waals surface area (Å²) < 4.78 is 45.3. The molecule has 2 N–H and O–H groups in total. The highest BCUT2D eigenvalue weighted by atomic mass is 32.2. The minimum atomic E-state index is -3.71. The largest absolute Gasteiger partial charge is 0.323 e. The van der Waals surface area contributed by atoms with E-state index in [1.54, 1.807) is 6.33 Å². The van der Waals surface area contributed by atoms with Crippen LogP contribution in [0.25, 0.3) is 10.8 Å². The Balaban J connectivity index is 1.46. The van der Waals surface area contributed by atoms with Gasteiger partial charge in [-0.05, 0) is 54.9 Å². The van der Waals surface area contributed by atoms with E-state index in [2.05, 4.69) is 25.2 Å². The molecule has 2 aliphatic rings. The van der Waals surface area contributed by atoms with E-state index >= 15 is 0 Å². The topological polar surface area (TPSA) is 115 Å². The highest BCUT2D eigenvalue weighted by molar-refractivity contribution is 7.89. The lowest BCUT2D eigenvalue weighted by atomic mass is 9.99. The van der Waals surface area contributed by atoms with Crippen LogP contribution in [0.1, 0.15) is 61.9 Å². The predicted molar refractivity (Wildman–Crippen MR) is 138 cm³/mol. The Hall–Kier alpha value is -3.44. The van der Waals surface area contributed by atoms with Gasteiger partial charge in [0.05, 0.1) is 29.0 Å². The van der Waals surface area contributed by atoms with E-state index < -0.39 is 15.8 Å². The molecule has 1 unspecified atom stereocenters. The van der Waals surface area contributed by atoms with Gasteiger partial charge in [-0.25, -0.2) is 17.5 Å². The summed E-state index contributed by atoms with van der Waals surface area (Å²) in [6.07, 6.45) is 9.72. The van der Waals surface area contributed by atoms with Crippen LogP contribution >= 0.6 is 0 Å². The Morgan fingerprint density at radius 3 is 2.70 bits per heavy atom. The quantitative estimate of drug-likeness (QED) is 0.352. The number of nitrogens with zero attached hydrogens (tertiary/aromatic N) is 5. The molecule has 4 aromatic rings. The highest BCUT2D eigenvalue weighted by Gasteiger charge is 2.33. The number of sulfonamides is 1. The van der Waals surface area contributed by atoms with Crippen LogP contribution in [0.15, 0.2) is 48.0 Å². The second-order valence-electron chi connectivity index (χ2n) is 10.3. The van der Waals surface area contributed by atoms with Crippen LogP contribution in [0.4, 0.5) is 16.0 Å². The number of halogens is 1. The molecule has 0 radical (unpaired) electrons. The first-order chi connectivity index (χ1) is 17.8. The number of nitrogens with one attached hydrogen (secondary N) is 2. The van der Waals surface area contributed by atoms with Crippen LogP contribution < -0.4 is 10.0 Å². The molecule has 1 aromatic carbocycles. The Morgan fingerprint density at radius 1 is 1.11 bits per heavy atom. The SMILES string of the molecule is CC(C)CNS(=O)(=O)c1cc2c(c3cnc(C4CC4)cc13)C(n1cnnc1Nc1cncc(F)c1)CC2. The number of aryl methyl sites for hydroxylation is 1. The van der Waals surface area contributed by atoms with Gasteiger partial charge in [0.2, 0.25) is 16.0 Å². The number of anilines is 2. The second-order valence-corrected chi connectivity index (χ2v) is 12.0. The van der Waals surface area contributed by atoms with Crippen molar-refractivity contribution >= 4 is 32.4 Å². The third-order valence-electron chi connectivity index (χ3n) is 6.99. The van der Waals surface area contributed by atoms with Crippen molar-refractivity contribution < 1.29 is 12.8 Å². The zero-order valence-corrected chi connectivity index (χ0v) is 21.5. The fraction of sp³-hybridized carbons (Fsp3) is 0.385. The van der Waals surface area contributed by atoms with Gasteiger partial charge in [-0.1, -0.05) is 13.8 Å². The molecule has 11 heteroatoms. The van der Waals surface area contributed by atoms with Crippen molar-refractivity contribution in [3.63, 3.8) is 0 Å². The van der Waals surface area contributed by atoms with Gasteiger partial charge in [0, 0.05) is 41.2 Å². The summed E-state index contributed by atoms with van der Waals surface area (Å²) in [7, 11) is -3.71. The molecule has 2 aliphatic carbocycles. The van der Waals surface area contributed by atoms with Crippen molar-refractivity contribution in [1.82, 2.24) is 29.5 Å². The number of aromatic nitrogens is 5. The second kappa shape index (κ2) is 9.14. The lowest BCUT2D eigenvalue weighted by molar-refractivity contribution is 0.561. The van der Waals surface area contributed by atoms with Crippen molar-refractivity contribution in [2.45, 2.75) is 56.4 Å². The van der Waals surface area contributed by atoms with E-state index in [0.29, 0.717) is 40.8 Å². The normalized spacial score (nSPS) is 17.5. The van der Waals surface area contributed by atoms with Crippen LogP contribution in [-0.4, -0.2) is 39.7 Å². The lowest BCUT2D eigenvalue weighted by Gasteiger charge is -2.20. The Kier molecular flexibility index (Phi) is 5.91. The smallest absolute Gasteiger partial charge is 0.241 e. The number of pyridine rings is 2. The maximum absolute atomic E-state index is 13.7. The Bertz CT molecular complexity index is 1600. The first-order valence-corrected chi connectivity index (χ1v) is 14.0. The average molecular weight is 522 g/mol. The van der Waals surface area contributed by atoms with Gasteiger partial charge in [-0.2, -0.15) is 0 Å². The summed E-state index contributed by atoms with van der Waals surface area (Å²) >= 11 is 0. The van der Waals surface area contributed by atoms with Crippen LogP contribution in [0.3, 0.4) is 0 Å². The molecule has 192 valence electrons. The highest BCUT2D eigenvalue weighted by Crippen LogP contribution is 2.45. The molecular weight excluding hydrogens is 493 g/mol. The maximum Gasteiger partial charge on any atom is 0.241 e. The molecule has 0 aliphatic heterocycles. The molecule has 6 rings (SSSR count). The average Bonchev–Trinajstić information content (AvgIpc) is 3.48. The standard InChI is InChI=1S/C26H28FN7O2S/c1-15(2)10-31-37(35,36)24-7-17-5-6-23(25(17)21-13-29-22(9-20(21)24)16-3-4-16)34-14-30-33-26(34)32-19-8-18(27)11-28-12-19/h7-9,11-16,23,31H,3-6,10H2,1-2H3,(H,32,33). The van der Waals surface area contributed by atoms with Crippen molar-refractivity contribution in [2.75, 3.05) is 11.9 Å². The number of hydrogen-bond acceptors (Lipinski definition) is 7. The van der Waals surface area contributed by atoms with Crippen molar-refractivity contribution in [2.24, 2.45) is 5.92 Å². The van der Waals surface area contributed by atoms with Crippen LogP contribution in [0.2, 0.25) is 0 Å². The number of benzene rings is 1. The van der Waals surface area contributed by atoms with Gasteiger partial charge in [0.25, 0.3) is 0 Å². The molecular formula is C26H28FN7O2S. The summed E-state index contributed by atoms with van der Waals surface area (Å²) in [5, 5.41) is 12.9. The van der Waals surface area contributed by atoms with E-state index in [-0.39, 0.29) is 12.0 Å². The van der Waals surface area contributed by atoms with E-state index in [0.717, 1.165) is 47.7 Å². The first-order valence-electron chi connectivity index (χ1n) is 12.5. The summed E-state index contributed by atoms with van der Waals surface area (Å²) in [5.74, 6) is 0.583. The molecule has 1 fully saturated rings. The molecule has 9 nitrogen and oxygen atoms in total. The summed E-state index contributed by atoms with van der Waals surface area (Å²) in [6.45, 7) is 4.33. The van der Waals surface area contributed by atoms with Gasteiger partial charge < -0.3 is 5.32 Å². The Morgan fingerprint density at radius 2 is 1.95 bits per heavy atom. The van der Waals surface area contributed by atoms with Gasteiger partial charge in [-0.3, -0.25) is 14.5 Å². The van der Waals surface area contributed by atoms with Crippen LogP contribution in [0.5, 0.6) is 0 Å². The molecule has 0 bridgehead atoms. The van der Waals surface area contributed by atoms with Crippen LogP contribution in [-0.2, 0) is 16.4 Å². The number of fused-ring (bicyclic) bond motifs is 3. The van der Waals surface area contributed by atoms with Crippen molar-refractivity contribution in [3.05, 3.63) is 65.8 Å². The van der Waals surface area contributed by atoms with Crippen molar-refractivity contribution in [3.8, 4) is 0 Å². The Labute approximate surface area is 214 Å². The first kappa shape index (κ1) is 23.9. The summed E-state index contributed by atoms with van der Waals surface area (Å²) in [5.41, 5.74) is 3.39. The van der Waals surface area contributed by atoms with E-state index in [1.165, 1.54) is 12.3 Å². The summed E-state index contributed by atoms with van der Waals surface area (Å²) in [4.78, 5) is 8.93. The molecule has 1 atom stereocenters. The molecule has 0 amide bonds. The minimum absolute atomic E-state index is 0.134. The molecule has 1 saturated carbocycles. The number of rotatable bonds is 8. The zero-order valence-electron chi connectivity index (χ0n) is 20.6. The van der Waals surface area contributed by atoms with Gasteiger partial charge in [0.15, 0.2) is 0 Å². The molecule has 37 heavy (non-hydrogen) atoms. The van der Waals surface area contributed by atoms with E-state index in [4.69, 9.17) is 4.98 Å². The zero-order chi connectivity index (χ0) is 25.7. The monoisotopic (exact) mass is 521 g/mol. The van der Waals surface area contributed by atoms with Gasteiger partial charge in [-0.15, -0.1) is 10.2 Å². The molecule has 0 spiro atoms. The number of hydrogen-bond donors (Lipinski definition) is 2. The predicted octanol–water partition coefficient (Wildman–Crippen LogP) is 4.45. The van der Waals surface area contributed by atoms with Crippen molar-refractivity contribution in [1.29, 1.82) is 0 Å². The van der Waals surface area contributed by atoms with E-state index in [9.17, 15) is 12.8 Å².